The molecule has 0 atom stereocenters. The summed E-state index contributed by atoms with van der Waals surface area (Å²) in [5.74, 6) is -0.217. The molecule has 0 aliphatic carbocycles. The van der Waals surface area contributed by atoms with Gasteiger partial charge in [0.2, 0.25) is 0 Å². The Hall–Kier alpha value is -0.960. The second kappa shape index (κ2) is 4.92. The minimum atomic E-state index is -0.217. The van der Waals surface area contributed by atoms with Crippen molar-refractivity contribution in [3.8, 4) is 0 Å². The summed E-state index contributed by atoms with van der Waals surface area (Å²) in [6.45, 7) is 3.75. The van der Waals surface area contributed by atoms with Crippen molar-refractivity contribution in [2.45, 2.75) is 19.9 Å². The minimum Gasteiger partial charge on any atom is -0.302 e. The van der Waals surface area contributed by atoms with Crippen molar-refractivity contribution in [1.82, 2.24) is 9.88 Å². The summed E-state index contributed by atoms with van der Waals surface area (Å²) in [5.41, 5.74) is 0.714. The van der Waals surface area contributed by atoms with Crippen LogP contribution < -0.4 is 0 Å². The molecule has 0 aliphatic rings. The quantitative estimate of drug-likeness (QED) is 0.708. The van der Waals surface area contributed by atoms with Crippen molar-refractivity contribution in [3.05, 3.63) is 29.8 Å². The van der Waals surface area contributed by atoms with Crippen LogP contribution in [0, 0.1) is 5.82 Å². The summed E-state index contributed by atoms with van der Waals surface area (Å²) in [7, 11) is 1.99. The molecule has 1 aromatic heterocycles. The summed E-state index contributed by atoms with van der Waals surface area (Å²) in [5, 5.41) is 0. The first-order valence-corrected chi connectivity index (χ1v) is 4.51. The number of nitrogens with zero attached hydrogens (tertiary/aromatic N) is 2. The highest BCUT2D eigenvalue weighted by molar-refractivity contribution is 5.11. The molecule has 72 valence electrons. The monoisotopic (exact) mass is 182 g/mol. The van der Waals surface area contributed by atoms with Crippen LogP contribution >= 0.6 is 0 Å². The normalized spacial score (nSPS) is 10.8. The van der Waals surface area contributed by atoms with Crippen LogP contribution in [0.4, 0.5) is 4.39 Å². The van der Waals surface area contributed by atoms with Crippen LogP contribution in [-0.4, -0.2) is 23.5 Å². The highest BCUT2D eigenvalue weighted by atomic mass is 19.1. The molecule has 1 heterocycles. The van der Waals surface area contributed by atoms with E-state index in [2.05, 4.69) is 16.8 Å². The Morgan fingerprint density at radius 3 is 2.92 bits per heavy atom. The van der Waals surface area contributed by atoms with Crippen molar-refractivity contribution < 1.29 is 4.39 Å². The van der Waals surface area contributed by atoms with Gasteiger partial charge in [0.25, 0.3) is 0 Å². The van der Waals surface area contributed by atoms with Gasteiger partial charge < -0.3 is 4.90 Å². The molecule has 3 heteroatoms. The number of halogens is 1. The Bertz CT molecular complexity index is 263. The van der Waals surface area contributed by atoms with E-state index >= 15 is 0 Å². The molecule has 0 aromatic carbocycles. The Balaban J connectivity index is 2.58. The lowest BCUT2D eigenvalue weighted by Gasteiger charge is -2.15. The van der Waals surface area contributed by atoms with Crippen molar-refractivity contribution in [2.75, 3.05) is 13.6 Å². The fraction of sp³-hybridized carbons (Fsp3) is 0.500. The maximum Gasteiger partial charge on any atom is 0.145 e. The lowest BCUT2D eigenvalue weighted by atomic mass is 10.2. The van der Waals surface area contributed by atoms with Gasteiger partial charge in [-0.3, -0.25) is 4.98 Å². The molecule has 1 rings (SSSR count). The Kier molecular flexibility index (Phi) is 3.83. The zero-order valence-electron chi connectivity index (χ0n) is 8.13. The number of hydrogen-bond acceptors (Lipinski definition) is 2. The summed E-state index contributed by atoms with van der Waals surface area (Å²) in [6, 6.07) is 1.72. The van der Waals surface area contributed by atoms with Gasteiger partial charge in [-0.15, -0.1) is 0 Å². The predicted octanol–water partition coefficient (Wildman–Crippen LogP) is 2.06. The van der Waals surface area contributed by atoms with E-state index < -0.39 is 0 Å². The van der Waals surface area contributed by atoms with Gasteiger partial charge in [-0.1, -0.05) is 6.92 Å². The summed E-state index contributed by atoms with van der Waals surface area (Å²) in [4.78, 5) is 5.80. The summed E-state index contributed by atoms with van der Waals surface area (Å²) >= 11 is 0. The maximum absolute atomic E-state index is 13.1. The van der Waals surface area contributed by atoms with Crippen LogP contribution in [0.15, 0.2) is 18.5 Å². The Morgan fingerprint density at radius 1 is 1.54 bits per heavy atom. The van der Waals surface area contributed by atoms with Gasteiger partial charge in [0.1, 0.15) is 5.82 Å². The summed E-state index contributed by atoms with van der Waals surface area (Å²) < 4.78 is 13.1. The van der Waals surface area contributed by atoms with Crippen LogP contribution in [0.5, 0.6) is 0 Å². The first kappa shape index (κ1) is 10.1. The first-order chi connectivity index (χ1) is 6.24. The number of aromatic nitrogens is 1. The van der Waals surface area contributed by atoms with Crippen LogP contribution in [0.2, 0.25) is 0 Å². The third-order valence-electron chi connectivity index (χ3n) is 1.90. The van der Waals surface area contributed by atoms with Gasteiger partial charge in [0.15, 0.2) is 0 Å². The molecule has 0 saturated heterocycles. The van der Waals surface area contributed by atoms with Crippen LogP contribution in [0.25, 0.3) is 0 Å². The van der Waals surface area contributed by atoms with E-state index in [0.717, 1.165) is 13.0 Å². The molecule has 0 N–H and O–H groups in total. The first-order valence-electron chi connectivity index (χ1n) is 4.51. The molecular formula is C10H15FN2. The van der Waals surface area contributed by atoms with Crippen molar-refractivity contribution in [3.63, 3.8) is 0 Å². The topological polar surface area (TPSA) is 16.1 Å². The van der Waals surface area contributed by atoms with E-state index in [1.54, 1.807) is 12.3 Å². The second-order valence-electron chi connectivity index (χ2n) is 3.20. The van der Waals surface area contributed by atoms with E-state index in [1.807, 2.05) is 7.05 Å². The lowest BCUT2D eigenvalue weighted by Crippen LogP contribution is -2.19. The average molecular weight is 182 g/mol. The minimum absolute atomic E-state index is 0.217. The molecule has 1 aromatic rings. The second-order valence-corrected chi connectivity index (χ2v) is 3.20. The molecule has 0 spiro atoms. The molecule has 0 saturated carbocycles. The smallest absolute Gasteiger partial charge is 0.145 e. The maximum atomic E-state index is 13.1. The highest BCUT2D eigenvalue weighted by Gasteiger charge is 2.03. The van der Waals surface area contributed by atoms with E-state index in [9.17, 15) is 4.39 Å². The molecule has 13 heavy (non-hydrogen) atoms. The highest BCUT2D eigenvalue weighted by Crippen LogP contribution is 2.07. The largest absolute Gasteiger partial charge is 0.302 e. The van der Waals surface area contributed by atoms with Crippen LogP contribution in [-0.2, 0) is 6.54 Å². The van der Waals surface area contributed by atoms with E-state index in [1.165, 1.54) is 6.20 Å². The SMILES string of the molecule is CCCN(C)Cc1ccncc1F. The molecule has 0 bridgehead atoms. The molecule has 0 radical (unpaired) electrons. The standard InChI is InChI=1S/C10H15FN2/c1-3-6-13(2)8-9-4-5-12-7-10(9)11/h4-5,7H,3,6,8H2,1-2H3. The Morgan fingerprint density at radius 2 is 2.31 bits per heavy atom. The van der Waals surface area contributed by atoms with Gasteiger partial charge >= 0.3 is 0 Å². The van der Waals surface area contributed by atoms with Crippen molar-refractivity contribution in [1.29, 1.82) is 0 Å². The predicted molar refractivity (Wildman–Crippen MR) is 50.8 cm³/mol. The summed E-state index contributed by atoms with van der Waals surface area (Å²) in [6.07, 6.45) is 3.97. The molecule has 0 unspecified atom stereocenters. The number of hydrogen-bond donors (Lipinski definition) is 0. The van der Waals surface area contributed by atoms with Gasteiger partial charge in [0.05, 0.1) is 6.20 Å². The fourth-order valence-electron chi connectivity index (χ4n) is 1.28. The van der Waals surface area contributed by atoms with Gasteiger partial charge in [0, 0.05) is 18.3 Å². The number of rotatable bonds is 4. The van der Waals surface area contributed by atoms with Crippen LogP contribution in [0.3, 0.4) is 0 Å². The van der Waals surface area contributed by atoms with Gasteiger partial charge in [-0.2, -0.15) is 0 Å². The van der Waals surface area contributed by atoms with E-state index in [-0.39, 0.29) is 5.82 Å². The van der Waals surface area contributed by atoms with Gasteiger partial charge in [-0.05, 0) is 26.1 Å². The molecule has 0 amide bonds. The zero-order valence-corrected chi connectivity index (χ0v) is 8.13. The van der Waals surface area contributed by atoms with E-state index in [4.69, 9.17) is 0 Å². The third-order valence-corrected chi connectivity index (χ3v) is 1.90. The van der Waals surface area contributed by atoms with Crippen molar-refractivity contribution in [2.24, 2.45) is 0 Å². The number of pyridine rings is 1. The van der Waals surface area contributed by atoms with Crippen molar-refractivity contribution >= 4 is 0 Å². The zero-order chi connectivity index (χ0) is 9.68. The Labute approximate surface area is 78.4 Å². The van der Waals surface area contributed by atoms with E-state index in [0.29, 0.717) is 12.1 Å². The average Bonchev–Trinajstić information content (AvgIpc) is 2.09. The fourth-order valence-corrected chi connectivity index (χ4v) is 1.28. The molecular weight excluding hydrogens is 167 g/mol. The van der Waals surface area contributed by atoms with Crippen LogP contribution in [0.1, 0.15) is 18.9 Å². The van der Waals surface area contributed by atoms with Gasteiger partial charge in [-0.25, -0.2) is 4.39 Å². The molecule has 0 aliphatic heterocycles. The lowest BCUT2D eigenvalue weighted by molar-refractivity contribution is 0.321. The molecule has 0 fully saturated rings. The molecule has 2 nitrogen and oxygen atoms in total. The third kappa shape index (κ3) is 3.11.